The molecule has 126 valence electrons. The average molecular weight is 421 g/mol. The highest BCUT2D eigenvalue weighted by Crippen LogP contribution is 2.21. The predicted octanol–water partition coefficient (Wildman–Crippen LogP) is 3.86. The third-order valence-corrected chi connectivity index (χ3v) is 4.01. The molecule has 1 heterocycles. The van der Waals surface area contributed by atoms with Crippen molar-refractivity contribution in [2.24, 2.45) is 0 Å². The van der Waals surface area contributed by atoms with Gasteiger partial charge in [-0.3, -0.25) is 0 Å². The van der Waals surface area contributed by atoms with E-state index in [2.05, 4.69) is 36.8 Å². The zero-order valence-electron chi connectivity index (χ0n) is 12.6. The normalized spacial score (nSPS) is 11.0. The molecule has 0 aliphatic rings. The molecule has 0 fully saturated rings. The highest BCUT2D eigenvalue weighted by atomic mass is 79.9. The summed E-state index contributed by atoms with van der Waals surface area (Å²) in [6, 6.07) is 12.0. The van der Waals surface area contributed by atoms with Crippen LogP contribution in [-0.2, 0) is 0 Å². The molecule has 0 bridgehead atoms. The average Bonchev–Trinajstić information content (AvgIpc) is 3.04. The Balaban J connectivity index is 1.83. The molecule has 1 aromatic heterocycles. The van der Waals surface area contributed by atoms with Crippen molar-refractivity contribution in [2.75, 3.05) is 5.32 Å². The molecule has 0 saturated carbocycles. The van der Waals surface area contributed by atoms with Gasteiger partial charge in [-0.2, -0.15) is 4.68 Å². The van der Waals surface area contributed by atoms with E-state index in [4.69, 9.17) is 11.6 Å². The van der Waals surface area contributed by atoms with Crippen LogP contribution < -0.4 is 5.32 Å². The van der Waals surface area contributed by atoms with E-state index in [1.54, 1.807) is 17.0 Å². The number of halogens is 2. The third-order valence-electron chi connectivity index (χ3n) is 3.25. The summed E-state index contributed by atoms with van der Waals surface area (Å²) in [6.45, 7) is 0. The summed E-state index contributed by atoms with van der Waals surface area (Å²) < 4.78 is 2.51. The largest absolute Gasteiger partial charge is 0.478 e. The zero-order valence-corrected chi connectivity index (χ0v) is 14.9. The van der Waals surface area contributed by atoms with Crippen LogP contribution in [0.5, 0.6) is 0 Å². The van der Waals surface area contributed by atoms with Crippen LogP contribution in [0.3, 0.4) is 0 Å². The second kappa shape index (κ2) is 7.45. The van der Waals surface area contributed by atoms with Gasteiger partial charge in [0.2, 0.25) is 0 Å². The van der Waals surface area contributed by atoms with E-state index in [0.29, 0.717) is 16.5 Å². The van der Waals surface area contributed by atoms with Crippen molar-refractivity contribution < 1.29 is 9.90 Å². The number of carboxylic acids is 1. The number of nitrogens with zero attached hydrogens (tertiary/aromatic N) is 4. The van der Waals surface area contributed by atoms with Crippen molar-refractivity contribution in [3.8, 4) is 5.69 Å². The van der Waals surface area contributed by atoms with Crippen LogP contribution in [0.4, 0.5) is 5.69 Å². The number of carbonyl (C=O) groups is 1. The molecule has 0 radical (unpaired) electrons. The summed E-state index contributed by atoms with van der Waals surface area (Å²) in [6.07, 6.45) is 3.19. The fourth-order valence-corrected chi connectivity index (χ4v) is 2.53. The maximum atomic E-state index is 11.2. The number of hydrogen-bond acceptors (Lipinski definition) is 5. The standard InChI is InChI=1S/C16H11BrClN5O2/c17-10-1-4-12(5-2-10)23-15(20-21-22-23)7-8-19-14-9-11(18)3-6-13(14)16(24)25/h1-9,19H,(H,24,25)/b8-7-. The number of aromatic carboxylic acids is 1. The van der Waals surface area contributed by atoms with Crippen LogP contribution in [0.15, 0.2) is 53.1 Å². The number of carboxylic acid groups (broad SMARTS) is 1. The van der Waals surface area contributed by atoms with E-state index in [-0.39, 0.29) is 5.56 Å². The number of tetrazole rings is 1. The molecule has 0 atom stereocenters. The molecule has 0 aliphatic heterocycles. The minimum Gasteiger partial charge on any atom is -0.478 e. The minimum atomic E-state index is -1.05. The van der Waals surface area contributed by atoms with Gasteiger partial charge >= 0.3 is 5.97 Å². The van der Waals surface area contributed by atoms with E-state index < -0.39 is 5.97 Å². The SMILES string of the molecule is O=C(O)c1ccc(Cl)cc1N/C=C\c1nnnn1-c1ccc(Br)cc1. The van der Waals surface area contributed by atoms with Crippen molar-refractivity contribution >= 4 is 45.3 Å². The van der Waals surface area contributed by atoms with Crippen molar-refractivity contribution in [1.29, 1.82) is 0 Å². The quantitative estimate of drug-likeness (QED) is 0.651. The smallest absolute Gasteiger partial charge is 0.337 e. The molecule has 0 amide bonds. The van der Waals surface area contributed by atoms with Crippen LogP contribution in [0, 0.1) is 0 Å². The molecule has 7 nitrogen and oxygen atoms in total. The molecule has 9 heteroatoms. The Labute approximate surface area is 156 Å². The number of aromatic nitrogens is 4. The molecule has 0 saturated heterocycles. The minimum absolute atomic E-state index is 0.113. The summed E-state index contributed by atoms with van der Waals surface area (Å²) >= 11 is 9.30. The topological polar surface area (TPSA) is 92.9 Å². The predicted molar refractivity (Wildman–Crippen MR) is 97.9 cm³/mol. The lowest BCUT2D eigenvalue weighted by Crippen LogP contribution is -2.02. The second-order valence-electron chi connectivity index (χ2n) is 4.90. The molecule has 3 rings (SSSR count). The van der Waals surface area contributed by atoms with Gasteiger partial charge in [-0.05, 0) is 52.9 Å². The summed E-state index contributed by atoms with van der Waals surface area (Å²) in [5.41, 5.74) is 1.28. The molecule has 2 aromatic carbocycles. The van der Waals surface area contributed by atoms with Crippen molar-refractivity contribution in [1.82, 2.24) is 20.2 Å². The summed E-state index contributed by atoms with van der Waals surface area (Å²) in [5, 5.41) is 24.1. The van der Waals surface area contributed by atoms with Gasteiger partial charge in [-0.1, -0.05) is 27.5 Å². The molecule has 0 unspecified atom stereocenters. The second-order valence-corrected chi connectivity index (χ2v) is 6.25. The first-order chi connectivity index (χ1) is 12.0. The Kier molecular flexibility index (Phi) is 5.11. The number of hydrogen-bond donors (Lipinski definition) is 2. The molecule has 3 aromatic rings. The lowest BCUT2D eigenvalue weighted by atomic mass is 10.2. The van der Waals surface area contributed by atoms with Gasteiger partial charge in [0.1, 0.15) is 0 Å². The van der Waals surface area contributed by atoms with Crippen molar-refractivity contribution in [3.05, 3.63) is 69.5 Å². The number of rotatable bonds is 5. The Bertz CT molecular complexity index is 940. The highest BCUT2D eigenvalue weighted by Gasteiger charge is 2.10. The first-order valence-corrected chi connectivity index (χ1v) is 8.22. The molecule has 0 spiro atoms. The summed E-state index contributed by atoms with van der Waals surface area (Å²) in [7, 11) is 0. The maximum Gasteiger partial charge on any atom is 0.337 e. The Hall–Kier alpha value is -2.71. The molecular weight excluding hydrogens is 410 g/mol. The Morgan fingerprint density at radius 1 is 1.24 bits per heavy atom. The lowest BCUT2D eigenvalue weighted by molar-refractivity contribution is 0.0698. The van der Waals surface area contributed by atoms with E-state index in [9.17, 15) is 9.90 Å². The Morgan fingerprint density at radius 2 is 2.00 bits per heavy atom. The first-order valence-electron chi connectivity index (χ1n) is 7.05. The number of nitrogens with one attached hydrogen (secondary N) is 1. The monoisotopic (exact) mass is 419 g/mol. The number of anilines is 1. The van der Waals surface area contributed by atoms with Gasteiger partial charge < -0.3 is 10.4 Å². The van der Waals surface area contributed by atoms with Crippen LogP contribution in [0.2, 0.25) is 5.02 Å². The molecular formula is C16H11BrClN5O2. The van der Waals surface area contributed by atoms with Crippen LogP contribution in [-0.4, -0.2) is 31.3 Å². The van der Waals surface area contributed by atoms with E-state index >= 15 is 0 Å². The van der Waals surface area contributed by atoms with Gasteiger partial charge in [-0.15, -0.1) is 5.10 Å². The van der Waals surface area contributed by atoms with E-state index in [1.807, 2.05) is 24.3 Å². The van der Waals surface area contributed by atoms with Crippen molar-refractivity contribution in [3.63, 3.8) is 0 Å². The van der Waals surface area contributed by atoms with Crippen LogP contribution in [0.25, 0.3) is 11.8 Å². The summed E-state index contributed by atoms with van der Waals surface area (Å²) in [4.78, 5) is 11.2. The van der Waals surface area contributed by atoms with E-state index in [1.165, 1.54) is 18.2 Å². The summed E-state index contributed by atoms with van der Waals surface area (Å²) in [5.74, 6) is -0.569. The Morgan fingerprint density at radius 3 is 2.72 bits per heavy atom. The van der Waals surface area contributed by atoms with Gasteiger partial charge in [0.25, 0.3) is 0 Å². The fourth-order valence-electron chi connectivity index (χ4n) is 2.09. The zero-order chi connectivity index (χ0) is 17.8. The van der Waals surface area contributed by atoms with Crippen LogP contribution >= 0.6 is 27.5 Å². The van der Waals surface area contributed by atoms with Gasteiger partial charge in [0.05, 0.1) is 16.9 Å². The highest BCUT2D eigenvalue weighted by molar-refractivity contribution is 9.10. The third kappa shape index (κ3) is 4.04. The van der Waals surface area contributed by atoms with Gasteiger partial charge in [0, 0.05) is 21.8 Å². The molecule has 25 heavy (non-hydrogen) atoms. The fraction of sp³-hybridized carbons (Fsp3) is 0. The maximum absolute atomic E-state index is 11.2. The van der Waals surface area contributed by atoms with Gasteiger partial charge in [0.15, 0.2) is 5.82 Å². The van der Waals surface area contributed by atoms with Gasteiger partial charge in [-0.25, -0.2) is 4.79 Å². The lowest BCUT2D eigenvalue weighted by Gasteiger charge is -2.06. The number of benzene rings is 2. The first kappa shape index (κ1) is 17.1. The molecule has 2 N–H and O–H groups in total. The molecule has 0 aliphatic carbocycles. The van der Waals surface area contributed by atoms with E-state index in [0.717, 1.165) is 10.2 Å². The van der Waals surface area contributed by atoms with Crippen LogP contribution in [0.1, 0.15) is 16.2 Å². The van der Waals surface area contributed by atoms with Crippen molar-refractivity contribution in [2.45, 2.75) is 0 Å².